The molecule has 0 spiro atoms. The molecule has 1 unspecified atom stereocenters. The summed E-state index contributed by atoms with van der Waals surface area (Å²) in [4.78, 5) is 2.27. The molecule has 1 aromatic rings. The maximum atomic E-state index is 13.4. The van der Waals surface area contributed by atoms with Crippen LogP contribution in [0.5, 0.6) is 0 Å². The molecule has 5 heteroatoms. The van der Waals surface area contributed by atoms with Crippen molar-refractivity contribution in [2.24, 2.45) is 0 Å². The number of hydrogen-bond donors (Lipinski definition) is 2. The van der Waals surface area contributed by atoms with Crippen molar-refractivity contribution in [1.82, 2.24) is 10.2 Å². The summed E-state index contributed by atoms with van der Waals surface area (Å²) in [7, 11) is 0. The Labute approximate surface area is 112 Å². The number of halogens is 2. The molecule has 2 rings (SSSR count). The predicted octanol–water partition coefficient (Wildman–Crippen LogP) is 1.64. The summed E-state index contributed by atoms with van der Waals surface area (Å²) in [5, 5.41) is 12.5. The highest BCUT2D eigenvalue weighted by molar-refractivity contribution is 6.30. The Morgan fingerprint density at radius 2 is 2.33 bits per heavy atom. The van der Waals surface area contributed by atoms with Gasteiger partial charge in [0.25, 0.3) is 0 Å². The zero-order valence-corrected chi connectivity index (χ0v) is 11.0. The second-order valence-corrected chi connectivity index (χ2v) is 5.00. The monoisotopic (exact) mass is 272 g/mol. The first-order chi connectivity index (χ1) is 8.70. The van der Waals surface area contributed by atoms with Crippen LogP contribution < -0.4 is 5.32 Å². The molecule has 0 amide bonds. The van der Waals surface area contributed by atoms with Gasteiger partial charge in [-0.15, -0.1) is 0 Å². The zero-order valence-electron chi connectivity index (χ0n) is 10.2. The molecule has 0 radical (unpaired) electrons. The molecule has 0 aromatic heterocycles. The van der Waals surface area contributed by atoms with Gasteiger partial charge >= 0.3 is 0 Å². The second kappa shape index (κ2) is 6.48. The van der Waals surface area contributed by atoms with Gasteiger partial charge in [0, 0.05) is 38.8 Å². The fourth-order valence-electron chi connectivity index (χ4n) is 2.32. The molecular formula is C13H18ClFN2O. The zero-order chi connectivity index (χ0) is 13.0. The largest absolute Gasteiger partial charge is 0.396 e. The van der Waals surface area contributed by atoms with Gasteiger partial charge in [-0.25, -0.2) is 4.39 Å². The Morgan fingerprint density at radius 1 is 1.50 bits per heavy atom. The van der Waals surface area contributed by atoms with Crippen LogP contribution in [-0.4, -0.2) is 42.3 Å². The van der Waals surface area contributed by atoms with E-state index in [0.717, 1.165) is 31.6 Å². The Balaban J connectivity index is 2.03. The van der Waals surface area contributed by atoms with E-state index in [9.17, 15) is 4.39 Å². The molecular weight excluding hydrogens is 255 g/mol. The first kappa shape index (κ1) is 13.7. The number of aliphatic hydroxyl groups is 1. The smallest absolute Gasteiger partial charge is 0.142 e. The van der Waals surface area contributed by atoms with Gasteiger partial charge in [0.1, 0.15) is 5.82 Å². The van der Waals surface area contributed by atoms with Crippen LogP contribution in [0, 0.1) is 5.82 Å². The SMILES string of the molecule is OCCC1CNCCN1Cc1ccc(Cl)c(F)c1. The summed E-state index contributed by atoms with van der Waals surface area (Å²) >= 11 is 5.67. The van der Waals surface area contributed by atoms with Crippen molar-refractivity contribution < 1.29 is 9.50 Å². The van der Waals surface area contributed by atoms with Crippen molar-refractivity contribution >= 4 is 11.6 Å². The van der Waals surface area contributed by atoms with Crippen molar-refractivity contribution in [2.75, 3.05) is 26.2 Å². The van der Waals surface area contributed by atoms with Gasteiger partial charge in [0.05, 0.1) is 5.02 Å². The van der Waals surface area contributed by atoms with Crippen molar-refractivity contribution in [3.8, 4) is 0 Å². The number of nitrogens with zero attached hydrogens (tertiary/aromatic N) is 1. The van der Waals surface area contributed by atoms with Gasteiger partial charge in [-0.1, -0.05) is 17.7 Å². The summed E-state index contributed by atoms with van der Waals surface area (Å²) < 4.78 is 13.4. The molecule has 1 atom stereocenters. The lowest BCUT2D eigenvalue weighted by atomic mass is 10.1. The maximum absolute atomic E-state index is 13.4. The molecule has 2 N–H and O–H groups in total. The molecule has 0 bridgehead atoms. The average Bonchev–Trinajstić information content (AvgIpc) is 2.37. The molecule has 1 aliphatic heterocycles. The quantitative estimate of drug-likeness (QED) is 0.875. The number of rotatable bonds is 4. The summed E-state index contributed by atoms with van der Waals surface area (Å²) in [5.41, 5.74) is 0.918. The summed E-state index contributed by atoms with van der Waals surface area (Å²) in [6, 6.07) is 5.24. The highest BCUT2D eigenvalue weighted by Gasteiger charge is 2.21. The van der Waals surface area contributed by atoms with E-state index in [-0.39, 0.29) is 17.4 Å². The number of aliphatic hydroxyl groups excluding tert-OH is 1. The van der Waals surface area contributed by atoms with Gasteiger partial charge in [0.2, 0.25) is 0 Å². The summed E-state index contributed by atoms with van der Waals surface area (Å²) in [5.74, 6) is -0.372. The molecule has 18 heavy (non-hydrogen) atoms. The Hall–Kier alpha value is -0.680. The van der Waals surface area contributed by atoms with Crippen LogP contribution in [0.15, 0.2) is 18.2 Å². The molecule has 1 aliphatic rings. The summed E-state index contributed by atoms with van der Waals surface area (Å²) in [6.45, 7) is 3.59. The molecule has 1 saturated heterocycles. The fraction of sp³-hybridized carbons (Fsp3) is 0.538. The van der Waals surface area contributed by atoms with Gasteiger partial charge in [-0.2, -0.15) is 0 Å². The first-order valence-electron chi connectivity index (χ1n) is 6.20. The lowest BCUT2D eigenvalue weighted by molar-refractivity contribution is 0.123. The molecule has 0 aliphatic carbocycles. The molecule has 0 saturated carbocycles. The van der Waals surface area contributed by atoms with Gasteiger partial charge in [0.15, 0.2) is 0 Å². The van der Waals surface area contributed by atoms with E-state index >= 15 is 0 Å². The standard InChI is InChI=1S/C13H18ClFN2O/c14-12-2-1-10(7-13(12)15)9-17-5-4-16-8-11(17)3-6-18/h1-2,7,11,16,18H,3-6,8-9H2. The van der Waals surface area contributed by atoms with E-state index in [0.29, 0.717) is 12.6 Å². The van der Waals surface area contributed by atoms with E-state index in [2.05, 4.69) is 10.2 Å². The predicted molar refractivity (Wildman–Crippen MR) is 70.2 cm³/mol. The molecule has 1 aromatic carbocycles. The lowest BCUT2D eigenvalue weighted by Gasteiger charge is -2.36. The van der Waals surface area contributed by atoms with Crippen LogP contribution in [0.2, 0.25) is 5.02 Å². The van der Waals surface area contributed by atoms with E-state index in [1.165, 1.54) is 6.07 Å². The molecule has 3 nitrogen and oxygen atoms in total. The third-order valence-corrected chi connectivity index (χ3v) is 3.61. The lowest BCUT2D eigenvalue weighted by Crippen LogP contribution is -2.51. The van der Waals surface area contributed by atoms with Crippen LogP contribution in [-0.2, 0) is 6.54 Å². The molecule has 1 heterocycles. The number of nitrogens with one attached hydrogen (secondary N) is 1. The summed E-state index contributed by atoms with van der Waals surface area (Å²) in [6.07, 6.45) is 0.739. The van der Waals surface area contributed by atoms with Gasteiger partial charge < -0.3 is 10.4 Å². The Morgan fingerprint density at radius 3 is 3.06 bits per heavy atom. The van der Waals surface area contributed by atoms with Gasteiger partial charge in [-0.3, -0.25) is 4.90 Å². The average molecular weight is 273 g/mol. The van der Waals surface area contributed by atoms with Crippen LogP contribution in [0.3, 0.4) is 0 Å². The first-order valence-corrected chi connectivity index (χ1v) is 6.58. The fourth-order valence-corrected chi connectivity index (χ4v) is 2.43. The van der Waals surface area contributed by atoms with Gasteiger partial charge in [-0.05, 0) is 24.1 Å². The van der Waals surface area contributed by atoms with E-state index in [4.69, 9.17) is 16.7 Å². The van der Waals surface area contributed by atoms with E-state index < -0.39 is 0 Å². The molecule has 100 valence electrons. The van der Waals surface area contributed by atoms with Crippen LogP contribution in [0.1, 0.15) is 12.0 Å². The minimum Gasteiger partial charge on any atom is -0.396 e. The van der Waals surface area contributed by atoms with E-state index in [1.807, 2.05) is 6.07 Å². The van der Waals surface area contributed by atoms with Crippen LogP contribution in [0.4, 0.5) is 4.39 Å². The number of benzene rings is 1. The normalized spacial score (nSPS) is 21.2. The van der Waals surface area contributed by atoms with Crippen molar-refractivity contribution in [2.45, 2.75) is 19.0 Å². The number of hydrogen-bond acceptors (Lipinski definition) is 3. The van der Waals surface area contributed by atoms with Crippen LogP contribution in [0.25, 0.3) is 0 Å². The highest BCUT2D eigenvalue weighted by Crippen LogP contribution is 2.18. The third-order valence-electron chi connectivity index (χ3n) is 3.30. The number of piperazine rings is 1. The highest BCUT2D eigenvalue weighted by atomic mass is 35.5. The minimum atomic E-state index is -0.372. The van der Waals surface area contributed by atoms with Crippen molar-refractivity contribution in [3.63, 3.8) is 0 Å². The van der Waals surface area contributed by atoms with E-state index in [1.54, 1.807) is 6.07 Å². The Kier molecular flexibility index (Phi) is 4.95. The maximum Gasteiger partial charge on any atom is 0.142 e. The third kappa shape index (κ3) is 3.42. The Bertz CT molecular complexity index is 401. The molecule has 1 fully saturated rings. The van der Waals surface area contributed by atoms with Crippen molar-refractivity contribution in [3.05, 3.63) is 34.6 Å². The van der Waals surface area contributed by atoms with Crippen LogP contribution >= 0.6 is 11.6 Å². The van der Waals surface area contributed by atoms with Crippen molar-refractivity contribution in [1.29, 1.82) is 0 Å². The second-order valence-electron chi connectivity index (χ2n) is 4.59. The topological polar surface area (TPSA) is 35.5 Å². The minimum absolute atomic E-state index is 0.158.